The van der Waals surface area contributed by atoms with Crippen molar-refractivity contribution < 1.29 is 4.79 Å². The van der Waals surface area contributed by atoms with Gasteiger partial charge in [0.2, 0.25) is 0 Å². The van der Waals surface area contributed by atoms with Gasteiger partial charge in [-0.1, -0.05) is 20.8 Å². The highest BCUT2D eigenvalue weighted by Crippen LogP contribution is 2.40. The van der Waals surface area contributed by atoms with E-state index in [2.05, 4.69) is 32.2 Å². The van der Waals surface area contributed by atoms with Gasteiger partial charge in [-0.25, -0.2) is 0 Å². The van der Waals surface area contributed by atoms with E-state index in [1.807, 2.05) is 4.90 Å². The van der Waals surface area contributed by atoms with Crippen LogP contribution in [0.5, 0.6) is 0 Å². The Labute approximate surface area is 138 Å². The summed E-state index contributed by atoms with van der Waals surface area (Å²) in [6.07, 6.45) is 4.61. The number of aryl methyl sites for hydroxylation is 1. The maximum absolute atomic E-state index is 12.8. The van der Waals surface area contributed by atoms with Crippen LogP contribution >= 0.6 is 11.3 Å². The van der Waals surface area contributed by atoms with Gasteiger partial charge < -0.3 is 10.2 Å². The number of nitrogens with zero attached hydrogens (tertiary/aromatic N) is 1. The molecule has 0 aromatic carbocycles. The van der Waals surface area contributed by atoms with Crippen molar-refractivity contribution in [3.8, 4) is 0 Å². The zero-order valence-corrected chi connectivity index (χ0v) is 14.9. The van der Waals surface area contributed by atoms with Gasteiger partial charge in [-0.2, -0.15) is 0 Å². The van der Waals surface area contributed by atoms with Gasteiger partial charge in [0.1, 0.15) is 0 Å². The average molecular weight is 321 g/mol. The fourth-order valence-electron chi connectivity index (χ4n) is 3.57. The van der Waals surface area contributed by atoms with Crippen molar-refractivity contribution in [2.45, 2.75) is 46.5 Å². The lowest BCUT2D eigenvalue weighted by atomic mass is 9.72. The molecule has 1 unspecified atom stereocenters. The Morgan fingerprint density at radius 3 is 2.91 bits per heavy atom. The standard InChI is InChI=1S/C18H28N2OS/c1-18(2,3)14-5-6-15-13(11-14)12-16(22-15)17(21)20-9-4-7-19-8-10-20/h12,14,19H,4-11H2,1-3H3. The van der Waals surface area contributed by atoms with Crippen LogP contribution in [0.2, 0.25) is 0 Å². The molecule has 1 saturated heterocycles. The molecule has 0 spiro atoms. The van der Waals surface area contributed by atoms with Gasteiger partial charge in [0.25, 0.3) is 5.91 Å². The smallest absolute Gasteiger partial charge is 0.263 e. The summed E-state index contributed by atoms with van der Waals surface area (Å²) >= 11 is 1.74. The van der Waals surface area contributed by atoms with Gasteiger partial charge in [0.05, 0.1) is 4.88 Å². The molecule has 0 radical (unpaired) electrons. The minimum Gasteiger partial charge on any atom is -0.337 e. The normalized spacial score (nSPS) is 23.0. The first-order valence-electron chi connectivity index (χ1n) is 8.57. The number of nitrogens with one attached hydrogen (secondary N) is 1. The van der Waals surface area contributed by atoms with Crippen LogP contribution < -0.4 is 5.32 Å². The van der Waals surface area contributed by atoms with Crippen molar-refractivity contribution >= 4 is 17.2 Å². The highest BCUT2D eigenvalue weighted by molar-refractivity contribution is 7.14. The van der Waals surface area contributed by atoms with Crippen molar-refractivity contribution in [3.63, 3.8) is 0 Å². The monoisotopic (exact) mass is 320 g/mol. The molecule has 4 heteroatoms. The molecular formula is C18H28N2OS. The second kappa shape index (κ2) is 6.32. The molecule has 3 rings (SSSR count). The summed E-state index contributed by atoms with van der Waals surface area (Å²) in [5, 5.41) is 3.36. The second-order valence-electron chi connectivity index (χ2n) is 7.76. The molecule has 1 N–H and O–H groups in total. The van der Waals surface area contributed by atoms with Gasteiger partial charge in [-0.15, -0.1) is 11.3 Å². The highest BCUT2D eigenvalue weighted by Gasteiger charge is 2.31. The molecule has 22 heavy (non-hydrogen) atoms. The number of hydrogen-bond acceptors (Lipinski definition) is 3. The largest absolute Gasteiger partial charge is 0.337 e. The van der Waals surface area contributed by atoms with E-state index in [0.717, 1.165) is 56.2 Å². The fraction of sp³-hybridized carbons (Fsp3) is 0.722. The van der Waals surface area contributed by atoms with Crippen molar-refractivity contribution in [2.75, 3.05) is 26.2 Å². The molecule has 1 aliphatic heterocycles. The molecule has 1 aromatic rings. The van der Waals surface area contributed by atoms with Gasteiger partial charge in [-0.3, -0.25) is 4.79 Å². The molecule has 0 bridgehead atoms. The third kappa shape index (κ3) is 3.38. The quantitative estimate of drug-likeness (QED) is 0.861. The van der Waals surface area contributed by atoms with Crippen LogP contribution in [0.15, 0.2) is 6.07 Å². The fourth-order valence-corrected chi connectivity index (χ4v) is 4.75. The Kier molecular flexibility index (Phi) is 4.60. The van der Waals surface area contributed by atoms with Crippen LogP contribution in [0, 0.1) is 11.3 Å². The van der Waals surface area contributed by atoms with Gasteiger partial charge >= 0.3 is 0 Å². The molecule has 122 valence electrons. The predicted molar refractivity (Wildman–Crippen MR) is 92.7 cm³/mol. The lowest BCUT2D eigenvalue weighted by Crippen LogP contribution is -2.33. The first-order chi connectivity index (χ1) is 10.4. The summed E-state index contributed by atoms with van der Waals surface area (Å²) < 4.78 is 0. The lowest BCUT2D eigenvalue weighted by molar-refractivity contribution is 0.0771. The van der Waals surface area contributed by atoms with Crippen molar-refractivity contribution in [1.29, 1.82) is 0 Å². The van der Waals surface area contributed by atoms with Crippen LogP contribution in [0.25, 0.3) is 0 Å². The summed E-state index contributed by atoms with van der Waals surface area (Å²) in [5.41, 5.74) is 1.80. The molecular weight excluding hydrogens is 292 g/mol. The Morgan fingerprint density at radius 1 is 1.32 bits per heavy atom. The molecule has 1 atom stereocenters. The molecule has 1 aromatic heterocycles. The van der Waals surface area contributed by atoms with Crippen LogP contribution in [-0.2, 0) is 12.8 Å². The number of fused-ring (bicyclic) bond motifs is 1. The number of hydrogen-bond donors (Lipinski definition) is 1. The topological polar surface area (TPSA) is 32.3 Å². The minimum absolute atomic E-state index is 0.246. The first-order valence-corrected chi connectivity index (χ1v) is 9.38. The van der Waals surface area contributed by atoms with Crippen molar-refractivity contribution in [3.05, 3.63) is 21.4 Å². The van der Waals surface area contributed by atoms with E-state index < -0.39 is 0 Å². The van der Waals surface area contributed by atoms with Gasteiger partial charge in [0, 0.05) is 24.5 Å². The van der Waals surface area contributed by atoms with E-state index >= 15 is 0 Å². The van der Waals surface area contributed by atoms with Crippen LogP contribution in [0.1, 0.15) is 53.7 Å². The molecule has 0 saturated carbocycles. The van der Waals surface area contributed by atoms with E-state index in [1.54, 1.807) is 11.3 Å². The summed E-state index contributed by atoms with van der Waals surface area (Å²) in [6.45, 7) is 10.7. The maximum atomic E-state index is 12.8. The number of carbonyl (C=O) groups excluding carboxylic acids is 1. The molecule has 2 heterocycles. The summed E-state index contributed by atoms with van der Waals surface area (Å²) in [7, 11) is 0. The third-order valence-electron chi connectivity index (χ3n) is 5.15. The highest BCUT2D eigenvalue weighted by atomic mass is 32.1. The second-order valence-corrected chi connectivity index (χ2v) is 8.90. The average Bonchev–Trinajstić information content (AvgIpc) is 2.70. The maximum Gasteiger partial charge on any atom is 0.263 e. The lowest BCUT2D eigenvalue weighted by Gasteiger charge is -2.33. The predicted octanol–water partition coefficient (Wildman–Crippen LogP) is 3.33. The van der Waals surface area contributed by atoms with Crippen LogP contribution in [0.4, 0.5) is 0 Å². The van der Waals surface area contributed by atoms with Crippen LogP contribution in [-0.4, -0.2) is 37.0 Å². The Morgan fingerprint density at radius 2 is 2.14 bits per heavy atom. The zero-order valence-electron chi connectivity index (χ0n) is 14.1. The van der Waals surface area contributed by atoms with Gasteiger partial charge in [-0.05, 0) is 55.2 Å². The van der Waals surface area contributed by atoms with E-state index in [-0.39, 0.29) is 5.91 Å². The Hall–Kier alpha value is -0.870. The Bertz CT molecular complexity index is 536. The first kappa shape index (κ1) is 16.0. The van der Waals surface area contributed by atoms with Crippen molar-refractivity contribution in [2.24, 2.45) is 11.3 Å². The zero-order chi connectivity index (χ0) is 15.7. The van der Waals surface area contributed by atoms with E-state index in [1.165, 1.54) is 16.9 Å². The van der Waals surface area contributed by atoms with E-state index in [4.69, 9.17) is 0 Å². The number of rotatable bonds is 1. The van der Waals surface area contributed by atoms with E-state index in [0.29, 0.717) is 5.41 Å². The third-order valence-corrected chi connectivity index (χ3v) is 6.37. The Balaban J connectivity index is 1.74. The molecule has 1 aliphatic carbocycles. The SMILES string of the molecule is CC(C)(C)C1CCc2sc(C(=O)N3CCCNCC3)cc2C1. The summed E-state index contributed by atoms with van der Waals surface area (Å²) in [5.74, 6) is 0.982. The van der Waals surface area contributed by atoms with Gasteiger partial charge in [0.15, 0.2) is 0 Å². The van der Waals surface area contributed by atoms with E-state index in [9.17, 15) is 4.79 Å². The molecule has 1 amide bonds. The molecule has 1 fully saturated rings. The van der Waals surface area contributed by atoms with Crippen LogP contribution in [0.3, 0.4) is 0 Å². The number of amides is 1. The molecule has 3 nitrogen and oxygen atoms in total. The molecule has 2 aliphatic rings. The summed E-state index contributed by atoms with van der Waals surface area (Å²) in [6, 6.07) is 2.19. The summed E-state index contributed by atoms with van der Waals surface area (Å²) in [4.78, 5) is 17.2. The minimum atomic E-state index is 0.246. The number of thiophene rings is 1. The number of carbonyl (C=O) groups is 1. The van der Waals surface area contributed by atoms with Crippen molar-refractivity contribution in [1.82, 2.24) is 10.2 Å².